The molecule has 1 N–H and O–H groups in total. The molecule has 0 atom stereocenters. The van der Waals surface area contributed by atoms with Gasteiger partial charge in [0.1, 0.15) is 11.0 Å². The summed E-state index contributed by atoms with van der Waals surface area (Å²) in [5, 5.41) is 3.10. The maximum atomic E-state index is 12.2. The Bertz CT molecular complexity index is 576. The lowest BCUT2D eigenvalue weighted by Crippen LogP contribution is -2.15. The van der Waals surface area contributed by atoms with E-state index in [0.717, 1.165) is 11.1 Å². The van der Waals surface area contributed by atoms with Crippen molar-refractivity contribution in [2.45, 2.75) is 13.8 Å². The highest BCUT2D eigenvalue weighted by atomic mass is 35.5. The zero-order chi connectivity index (χ0) is 13.1. The van der Waals surface area contributed by atoms with Gasteiger partial charge >= 0.3 is 0 Å². The smallest absolute Gasteiger partial charge is 0.257 e. The van der Waals surface area contributed by atoms with E-state index in [1.807, 2.05) is 32.0 Å². The molecular formula is C14H13ClN2O. The molecule has 18 heavy (non-hydrogen) atoms. The average Bonchev–Trinajstić information content (AvgIpc) is 2.28. The van der Waals surface area contributed by atoms with Crippen LogP contribution < -0.4 is 5.32 Å². The van der Waals surface area contributed by atoms with E-state index in [1.54, 1.807) is 18.2 Å². The van der Waals surface area contributed by atoms with E-state index < -0.39 is 0 Å². The van der Waals surface area contributed by atoms with Gasteiger partial charge in [0, 0.05) is 5.56 Å². The molecular weight excluding hydrogens is 248 g/mol. The molecule has 0 fully saturated rings. The summed E-state index contributed by atoms with van der Waals surface area (Å²) in [7, 11) is 0. The van der Waals surface area contributed by atoms with Crippen LogP contribution in [0.15, 0.2) is 36.4 Å². The maximum Gasteiger partial charge on any atom is 0.257 e. The Hall–Kier alpha value is -1.87. The van der Waals surface area contributed by atoms with Crippen LogP contribution in [0.3, 0.4) is 0 Å². The Balaban J connectivity index is 2.28. The quantitative estimate of drug-likeness (QED) is 0.839. The van der Waals surface area contributed by atoms with Crippen molar-refractivity contribution in [3.05, 3.63) is 58.2 Å². The lowest BCUT2D eigenvalue weighted by Gasteiger charge is -2.09. The van der Waals surface area contributed by atoms with Gasteiger partial charge < -0.3 is 5.32 Å². The van der Waals surface area contributed by atoms with Crippen LogP contribution in [0.4, 0.5) is 5.82 Å². The largest absolute Gasteiger partial charge is 0.306 e. The molecule has 0 bridgehead atoms. The summed E-state index contributed by atoms with van der Waals surface area (Å²) in [4.78, 5) is 16.2. The number of rotatable bonds is 2. The van der Waals surface area contributed by atoms with Crippen molar-refractivity contribution in [1.29, 1.82) is 0 Å². The molecule has 4 heteroatoms. The summed E-state index contributed by atoms with van der Waals surface area (Å²) in [5.41, 5.74) is 2.56. The van der Waals surface area contributed by atoms with Gasteiger partial charge in [-0.05, 0) is 37.1 Å². The number of benzene rings is 1. The second-order valence-corrected chi connectivity index (χ2v) is 4.45. The van der Waals surface area contributed by atoms with Gasteiger partial charge in [-0.2, -0.15) is 0 Å². The molecule has 0 aliphatic rings. The Morgan fingerprint density at radius 1 is 1.11 bits per heavy atom. The van der Waals surface area contributed by atoms with Crippen molar-refractivity contribution < 1.29 is 4.79 Å². The zero-order valence-corrected chi connectivity index (χ0v) is 11.0. The van der Waals surface area contributed by atoms with Crippen molar-refractivity contribution in [2.75, 3.05) is 5.32 Å². The third-order valence-corrected chi connectivity index (χ3v) is 2.88. The number of anilines is 1. The first-order chi connectivity index (χ1) is 8.58. The minimum Gasteiger partial charge on any atom is -0.306 e. The molecule has 92 valence electrons. The van der Waals surface area contributed by atoms with Crippen LogP contribution in [0.1, 0.15) is 21.5 Å². The van der Waals surface area contributed by atoms with Crippen molar-refractivity contribution in [3.63, 3.8) is 0 Å². The van der Waals surface area contributed by atoms with Crippen molar-refractivity contribution >= 4 is 23.3 Å². The Labute approximate surface area is 111 Å². The highest BCUT2D eigenvalue weighted by Crippen LogP contribution is 2.16. The van der Waals surface area contributed by atoms with Gasteiger partial charge in [-0.3, -0.25) is 4.79 Å². The molecule has 1 aromatic carbocycles. The summed E-state index contributed by atoms with van der Waals surface area (Å²) in [6, 6.07) is 10.9. The number of hydrogen-bond donors (Lipinski definition) is 1. The topological polar surface area (TPSA) is 42.0 Å². The van der Waals surface area contributed by atoms with Crippen molar-refractivity contribution in [2.24, 2.45) is 0 Å². The van der Waals surface area contributed by atoms with Crippen LogP contribution in [0, 0.1) is 13.8 Å². The minimum atomic E-state index is -0.166. The van der Waals surface area contributed by atoms with Gasteiger partial charge in [0.15, 0.2) is 0 Å². The van der Waals surface area contributed by atoms with Crippen LogP contribution in [0.25, 0.3) is 0 Å². The fraction of sp³-hybridized carbons (Fsp3) is 0.143. The van der Waals surface area contributed by atoms with Crippen LogP contribution in [0.5, 0.6) is 0 Å². The minimum absolute atomic E-state index is 0.166. The summed E-state index contributed by atoms with van der Waals surface area (Å²) in [6.45, 7) is 3.82. The normalized spacial score (nSPS) is 10.2. The van der Waals surface area contributed by atoms with Crippen LogP contribution in [0.2, 0.25) is 5.15 Å². The monoisotopic (exact) mass is 260 g/mol. The number of amides is 1. The molecule has 0 radical (unpaired) electrons. The third-order valence-electron chi connectivity index (χ3n) is 2.66. The number of carbonyl (C=O) groups excluding carboxylic acids is 1. The molecule has 1 amide bonds. The fourth-order valence-corrected chi connectivity index (χ4v) is 1.99. The van der Waals surface area contributed by atoms with Gasteiger partial charge in [0.2, 0.25) is 0 Å². The standard InChI is InChI=1S/C14H13ClN2O/c1-9-5-3-6-10(2)13(9)14(18)17-12-8-4-7-11(15)16-12/h3-8H,1-2H3,(H,16,17,18). The van der Waals surface area contributed by atoms with Crippen molar-refractivity contribution in [1.82, 2.24) is 4.98 Å². The van der Waals surface area contributed by atoms with E-state index in [9.17, 15) is 4.79 Å². The molecule has 0 spiro atoms. The molecule has 0 aliphatic heterocycles. The molecule has 2 aromatic rings. The molecule has 1 aromatic heterocycles. The van der Waals surface area contributed by atoms with E-state index in [1.165, 1.54) is 0 Å². The van der Waals surface area contributed by atoms with Gasteiger partial charge in [-0.15, -0.1) is 0 Å². The molecule has 0 saturated heterocycles. The SMILES string of the molecule is Cc1cccc(C)c1C(=O)Nc1cccc(Cl)n1. The maximum absolute atomic E-state index is 12.2. The van der Waals surface area contributed by atoms with E-state index >= 15 is 0 Å². The lowest BCUT2D eigenvalue weighted by atomic mass is 10.0. The van der Waals surface area contributed by atoms with Gasteiger partial charge in [-0.25, -0.2) is 4.98 Å². The number of pyridine rings is 1. The number of hydrogen-bond acceptors (Lipinski definition) is 2. The highest BCUT2D eigenvalue weighted by molar-refractivity contribution is 6.29. The molecule has 1 heterocycles. The zero-order valence-electron chi connectivity index (χ0n) is 10.2. The van der Waals surface area contributed by atoms with Crippen molar-refractivity contribution in [3.8, 4) is 0 Å². The molecule has 2 rings (SSSR count). The van der Waals surface area contributed by atoms with E-state index in [2.05, 4.69) is 10.3 Å². The summed E-state index contributed by atoms with van der Waals surface area (Å²) >= 11 is 5.77. The molecule has 0 saturated carbocycles. The summed E-state index contributed by atoms with van der Waals surface area (Å²) in [5.74, 6) is 0.288. The first-order valence-electron chi connectivity index (χ1n) is 5.58. The second kappa shape index (κ2) is 5.19. The number of carbonyl (C=O) groups is 1. The van der Waals surface area contributed by atoms with E-state index in [-0.39, 0.29) is 5.91 Å². The average molecular weight is 261 g/mol. The predicted molar refractivity (Wildman–Crippen MR) is 73.1 cm³/mol. The van der Waals surface area contributed by atoms with Gasteiger partial charge in [0.25, 0.3) is 5.91 Å². The Kier molecular flexibility index (Phi) is 3.63. The predicted octanol–water partition coefficient (Wildman–Crippen LogP) is 3.60. The summed E-state index contributed by atoms with van der Waals surface area (Å²) < 4.78 is 0. The number of nitrogens with zero attached hydrogens (tertiary/aromatic N) is 1. The highest BCUT2D eigenvalue weighted by Gasteiger charge is 2.12. The third kappa shape index (κ3) is 2.68. The first kappa shape index (κ1) is 12.6. The summed E-state index contributed by atoms with van der Waals surface area (Å²) in [6.07, 6.45) is 0. The Morgan fingerprint density at radius 2 is 1.72 bits per heavy atom. The van der Waals surface area contributed by atoms with Gasteiger partial charge in [-0.1, -0.05) is 35.9 Å². The second-order valence-electron chi connectivity index (χ2n) is 4.07. The molecule has 0 aliphatic carbocycles. The van der Waals surface area contributed by atoms with Gasteiger partial charge in [0.05, 0.1) is 0 Å². The lowest BCUT2D eigenvalue weighted by molar-refractivity contribution is 0.102. The number of nitrogens with one attached hydrogen (secondary N) is 1. The van der Waals surface area contributed by atoms with Crippen LogP contribution >= 0.6 is 11.6 Å². The first-order valence-corrected chi connectivity index (χ1v) is 5.96. The van der Waals surface area contributed by atoms with Crippen LogP contribution in [-0.2, 0) is 0 Å². The fourth-order valence-electron chi connectivity index (χ4n) is 1.83. The Morgan fingerprint density at radius 3 is 2.33 bits per heavy atom. The molecule has 3 nitrogen and oxygen atoms in total. The van der Waals surface area contributed by atoms with E-state index in [0.29, 0.717) is 16.5 Å². The van der Waals surface area contributed by atoms with Crippen LogP contribution in [-0.4, -0.2) is 10.9 Å². The number of aromatic nitrogens is 1. The number of aryl methyl sites for hydroxylation is 2. The molecule has 0 unspecified atom stereocenters. The number of halogens is 1. The van der Waals surface area contributed by atoms with E-state index in [4.69, 9.17) is 11.6 Å².